The first-order chi connectivity index (χ1) is 9.63. The van der Waals surface area contributed by atoms with Crippen molar-refractivity contribution >= 4 is 5.91 Å². The summed E-state index contributed by atoms with van der Waals surface area (Å²) in [7, 11) is 0. The highest BCUT2D eigenvalue weighted by atomic mass is 16.2. The minimum Gasteiger partial charge on any atom is -0.384 e. The number of nitrogens with zero attached hydrogens (tertiary/aromatic N) is 1. The van der Waals surface area contributed by atoms with Crippen molar-refractivity contribution < 1.29 is 9.90 Å². The number of hydrogen-bond acceptors (Lipinski definition) is 2. The molecule has 1 saturated heterocycles. The highest BCUT2D eigenvalue weighted by molar-refractivity contribution is 5.95. The molecular weight excluding hydrogens is 250 g/mol. The molecule has 3 heteroatoms. The van der Waals surface area contributed by atoms with Crippen LogP contribution >= 0.6 is 0 Å². The molecule has 0 aliphatic carbocycles. The average Bonchev–Trinajstić information content (AvgIpc) is 2.94. The van der Waals surface area contributed by atoms with Gasteiger partial charge in [-0.05, 0) is 37.0 Å². The van der Waals surface area contributed by atoms with E-state index < -0.39 is 0 Å². The molecule has 1 aromatic rings. The van der Waals surface area contributed by atoms with Crippen molar-refractivity contribution in [3.8, 4) is 11.8 Å². The molecule has 1 heterocycles. The number of carbonyl (C=O) groups excluding carboxylic acids is 1. The molecule has 1 amide bonds. The van der Waals surface area contributed by atoms with E-state index in [0.717, 1.165) is 24.9 Å². The molecular formula is C17H21NO2. The lowest BCUT2D eigenvalue weighted by Crippen LogP contribution is -2.38. The number of carbonyl (C=O) groups is 1. The maximum atomic E-state index is 12.6. The second kappa shape index (κ2) is 6.58. The van der Waals surface area contributed by atoms with E-state index in [9.17, 15) is 4.79 Å². The Morgan fingerprint density at radius 1 is 1.50 bits per heavy atom. The normalized spacial score (nSPS) is 18.0. The number of likely N-dealkylation sites (tertiary alicyclic amines) is 1. The lowest BCUT2D eigenvalue weighted by Gasteiger charge is -2.27. The largest absolute Gasteiger partial charge is 0.384 e. The summed E-state index contributed by atoms with van der Waals surface area (Å²) in [6.45, 7) is 5.01. The van der Waals surface area contributed by atoms with E-state index in [4.69, 9.17) is 5.11 Å². The monoisotopic (exact) mass is 271 g/mol. The average molecular weight is 271 g/mol. The molecule has 3 nitrogen and oxygen atoms in total. The molecule has 1 atom stereocenters. The first-order valence-corrected chi connectivity index (χ1v) is 7.14. The molecule has 20 heavy (non-hydrogen) atoms. The fourth-order valence-corrected chi connectivity index (χ4v) is 2.78. The molecule has 1 fully saturated rings. The molecule has 1 unspecified atom stereocenters. The Kier molecular flexibility index (Phi) is 4.81. The lowest BCUT2D eigenvalue weighted by molar-refractivity contribution is 0.0701. The van der Waals surface area contributed by atoms with Crippen LogP contribution in [0.15, 0.2) is 24.3 Å². The fourth-order valence-electron chi connectivity index (χ4n) is 2.78. The Hall–Kier alpha value is -1.79. The van der Waals surface area contributed by atoms with Crippen molar-refractivity contribution in [1.82, 2.24) is 4.90 Å². The van der Waals surface area contributed by atoms with E-state index in [1.54, 1.807) is 6.07 Å². The Morgan fingerprint density at radius 3 is 3.00 bits per heavy atom. The van der Waals surface area contributed by atoms with E-state index in [-0.39, 0.29) is 12.5 Å². The number of benzene rings is 1. The summed E-state index contributed by atoms with van der Waals surface area (Å²) in [5.74, 6) is 6.03. The molecule has 0 aromatic heterocycles. The number of hydrogen-bond donors (Lipinski definition) is 1. The van der Waals surface area contributed by atoms with Gasteiger partial charge in [0.2, 0.25) is 0 Å². The second-order valence-electron chi connectivity index (χ2n) is 5.49. The van der Waals surface area contributed by atoms with Crippen molar-refractivity contribution in [2.45, 2.75) is 32.7 Å². The third-order valence-corrected chi connectivity index (χ3v) is 3.75. The van der Waals surface area contributed by atoms with Gasteiger partial charge in [0.05, 0.1) is 0 Å². The van der Waals surface area contributed by atoms with Crippen LogP contribution in [0.3, 0.4) is 0 Å². The van der Waals surface area contributed by atoms with Gasteiger partial charge < -0.3 is 10.0 Å². The topological polar surface area (TPSA) is 40.5 Å². The summed E-state index contributed by atoms with van der Waals surface area (Å²) in [6.07, 6.45) is 2.17. The molecule has 0 spiro atoms. The van der Waals surface area contributed by atoms with Gasteiger partial charge in [0.15, 0.2) is 0 Å². The molecule has 106 valence electrons. The van der Waals surface area contributed by atoms with Crippen LogP contribution in [0.4, 0.5) is 0 Å². The summed E-state index contributed by atoms with van der Waals surface area (Å²) in [4.78, 5) is 14.6. The Balaban J connectivity index is 2.20. The highest BCUT2D eigenvalue weighted by Crippen LogP contribution is 2.25. The minimum absolute atomic E-state index is 0.0915. The minimum atomic E-state index is -0.167. The second-order valence-corrected chi connectivity index (χ2v) is 5.49. The maximum Gasteiger partial charge on any atom is 0.254 e. The predicted octanol–water partition coefficient (Wildman–Crippen LogP) is 2.29. The quantitative estimate of drug-likeness (QED) is 0.838. The lowest BCUT2D eigenvalue weighted by atomic mass is 10.0. The summed E-state index contributed by atoms with van der Waals surface area (Å²) < 4.78 is 0. The van der Waals surface area contributed by atoms with Crippen LogP contribution in [0.5, 0.6) is 0 Å². The Morgan fingerprint density at radius 2 is 2.30 bits per heavy atom. The van der Waals surface area contributed by atoms with Crippen LogP contribution in [0, 0.1) is 17.8 Å². The van der Waals surface area contributed by atoms with Crippen LogP contribution in [0.2, 0.25) is 0 Å². The summed E-state index contributed by atoms with van der Waals surface area (Å²) in [6, 6.07) is 7.68. The summed E-state index contributed by atoms with van der Waals surface area (Å²) >= 11 is 0. The molecule has 1 aromatic carbocycles. The third-order valence-electron chi connectivity index (χ3n) is 3.75. The van der Waals surface area contributed by atoms with Crippen LogP contribution in [0.1, 0.15) is 42.6 Å². The van der Waals surface area contributed by atoms with Crippen LogP contribution in [-0.2, 0) is 0 Å². The Labute approximate surface area is 120 Å². The first-order valence-electron chi connectivity index (χ1n) is 7.14. The molecule has 0 radical (unpaired) electrons. The standard InChI is InChI=1S/C17H21NO2/c1-13(2)16-9-4-10-18(16)17(20)15-8-3-6-14(12-15)7-5-11-19/h3,6,8,12-13,16,19H,4,9-11H2,1-2H3. The summed E-state index contributed by atoms with van der Waals surface area (Å²) in [5, 5.41) is 8.73. The number of aliphatic hydroxyl groups is 1. The zero-order valence-electron chi connectivity index (χ0n) is 12.1. The summed E-state index contributed by atoms with van der Waals surface area (Å²) in [5.41, 5.74) is 1.45. The van der Waals surface area contributed by atoms with Crippen LogP contribution < -0.4 is 0 Å². The Bertz CT molecular complexity index is 539. The fraction of sp³-hybridized carbons (Fsp3) is 0.471. The van der Waals surface area contributed by atoms with Gasteiger partial charge in [-0.1, -0.05) is 31.8 Å². The van der Waals surface area contributed by atoms with E-state index in [2.05, 4.69) is 25.7 Å². The zero-order valence-corrected chi connectivity index (χ0v) is 12.1. The number of rotatable bonds is 2. The maximum absolute atomic E-state index is 12.6. The van der Waals surface area contributed by atoms with E-state index >= 15 is 0 Å². The molecule has 0 bridgehead atoms. The third kappa shape index (κ3) is 3.20. The van der Waals surface area contributed by atoms with Gasteiger partial charge in [0, 0.05) is 23.7 Å². The van der Waals surface area contributed by atoms with Gasteiger partial charge in [-0.3, -0.25) is 4.79 Å². The van der Waals surface area contributed by atoms with E-state index in [1.807, 2.05) is 23.1 Å². The van der Waals surface area contributed by atoms with E-state index in [0.29, 0.717) is 17.5 Å². The number of aliphatic hydroxyl groups excluding tert-OH is 1. The van der Waals surface area contributed by atoms with Crippen molar-refractivity contribution in [3.63, 3.8) is 0 Å². The zero-order chi connectivity index (χ0) is 14.5. The molecule has 1 aliphatic rings. The van der Waals surface area contributed by atoms with E-state index in [1.165, 1.54) is 0 Å². The van der Waals surface area contributed by atoms with Gasteiger partial charge in [-0.2, -0.15) is 0 Å². The highest BCUT2D eigenvalue weighted by Gasteiger charge is 2.31. The van der Waals surface area contributed by atoms with Crippen LogP contribution in [0.25, 0.3) is 0 Å². The van der Waals surface area contributed by atoms with Gasteiger partial charge in [-0.15, -0.1) is 0 Å². The predicted molar refractivity (Wildman–Crippen MR) is 79.3 cm³/mol. The molecule has 1 N–H and O–H groups in total. The van der Waals surface area contributed by atoms with Gasteiger partial charge in [-0.25, -0.2) is 0 Å². The first kappa shape index (κ1) is 14.6. The van der Waals surface area contributed by atoms with Crippen molar-refractivity contribution in [1.29, 1.82) is 0 Å². The SMILES string of the molecule is CC(C)C1CCCN1C(=O)c1cccc(C#CCO)c1. The van der Waals surface area contributed by atoms with Crippen molar-refractivity contribution in [2.24, 2.45) is 5.92 Å². The van der Waals surface area contributed by atoms with Crippen molar-refractivity contribution in [2.75, 3.05) is 13.2 Å². The van der Waals surface area contributed by atoms with Crippen molar-refractivity contribution in [3.05, 3.63) is 35.4 Å². The molecule has 2 rings (SSSR count). The molecule has 1 aliphatic heterocycles. The van der Waals surface area contributed by atoms with Gasteiger partial charge in [0.25, 0.3) is 5.91 Å². The van der Waals surface area contributed by atoms with Gasteiger partial charge >= 0.3 is 0 Å². The smallest absolute Gasteiger partial charge is 0.254 e. The van der Waals surface area contributed by atoms with Crippen LogP contribution in [-0.4, -0.2) is 35.1 Å². The number of amides is 1. The van der Waals surface area contributed by atoms with Gasteiger partial charge in [0.1, 0.15) is 6.61 Å². The molecule has 0 saturated carbocycles.